The van der Waals surface area contributed by atoms with E-state index >= 15 is 0 Å². The highest BCUT2D eigenvalue weighted by Gasteiger charge is 2.36. The molecule has 2 aliphatic rings. The van der Waals surface area contributed by atoms with Crippen molar-refractivity contribution in [3.8, 4) is 0 Å². The molecule has 4 N–H and O–H groups in total. The number of hydrogen-bond donors (Lipinski definition) is 3. The summed E-state index contributed by atoms with van der Waals surface area (Å²) in [7, 11) is -1.24. The van der Waals surface area contributed by atoms with Gasteiger partial charge in [0, 0.05) is 44.6 Å². The third-order valence-electron chi connectivity index (χ3n) is 6.45. The summed E-state index contributed by atoms with van der Waals surface area (Å²) in [5.74, 6) is -1.92. The highest BCUT2D eigenvalue weighted by molar-refractivity contribution is 8.24. The van der Waals surface area contributed by atoms with Crippen LogP contribution in [0.4, 0.5) is 19.1 Å². The summed E-state index contributed by atoms with van der Waals surface area (Å²) in [6.07, 6.45) is -0.563. The maximum Gasteiger partial charge on any atom is 0.243 e. The van der Waals surface area contributed by atoms with Crippen LogP contribution in [-0.2, 0) is 16.1 Å². The van der Waals surface area contributed by atoms with Crippen LogP contribution in [0.5, 0.6) is 0 Å². The van der Waals surface area contributed by atoms with Gasteiger partial charge in [-0.3, -0.25) is 13.9 Å². The second kappa shape index (κ2) is 9.90. The van der Waals surface area contributed by atoms with E-state index in [1.165, 1.54) is 11.7 Å². The Hall–Kier alpha value is -2.06. The molecule has 1 aromatic heterocycles. The molecule has 34 heavy (non-hydrogen) atoms. The lowest BCUT2D eigenvalue weighted by molar-refractivity contribution is -0.134. The molecule has 190 valence electrons. The van der Waals surface area contributed by atoms with Gasteiger partial charge in [-0.1, -0.05) is 0 Å². The third-order valence-corrected chi connectivity index (χ3v) is 8.26. The Morgan fingerprint density at radius 3 is 2.71 bits per heavy atom. The first kappa shape index (κ1) is 25.0. The molecule has 3 atom stereocenters. The molecule has 1 unspecified atom stereocenters. The Bertz CT molecular complexity index is 1060. The van der Waals surface area contributed by atoms with Gasteiger partial charge >= 0.3 is 0 Å². The summed E-state index contributed by atoms with van der Waals surface area (Å²) in [4.78, 5) is 21.1. The Morgan fingerprint density at radius 1 is 1.32 bits per heavy atom. The first-order chi connectivity index (χ1) is 16.1. The number of nitrogens with two attached hydrogens (primary N) is 1. The van der Waals surface area contributed by atoms with Gasteiger partial charge in [0.05, 0.1) is 35.5 Å². The molecule has 0 aliphatic carbocycles. The lowest BCUT2D eigenvalue weighted by Crippen LogP contribution is -2.50. The summed E-state index contributed by atoms with van der Waals surface area (Å²) in [6.45, 7) is 0.659. The zero-order valence-corrected chi connectivity index (χ0v) is 19.7. The number of fused-ring (bicyclic) bond motifs is 1. The van der Waals surface area contributed by atoms with Crippen LogP contribution in [0.15, 0.2) is 12.1 Å². The number of halogens is 3. The van der Waals surface area contributed by atoms with E-state index in [-0.39, 0.29) is 79.6 Å². The molecule has 0 spiro atoms. The van der Waals surface area contributed by atoms with E-state index in [2.05, 4.69) is 4.98 Å². The first-order valence-corrected chi connectivity index (χ1v) is 13.0. The molecular weight excluding hydrogens is 475 g/mol. The van der Waals surface area contributed by atoms with Crippen LogP contribution in [0, 0.1) is 11.6 Å². The number of alkyl halides is 1. The standard InChI is InChI=1S/C21H30F3N5O4S/c1-33-6-5-28(13-3-7-34(31,32)12-13)20(30)11-29-19-9-16(24)15(23)8-18(19)26-21(29)27-4-2-14(22)17(25)10-27/h8-9,13-14,17,31-32H,2-7,10-12,25H2,1H3/t13?,14-,17-/m1/s1. The van der Waals surface area contributed by atoms with Gasteiger partial charge in [-0.05, 0) is 12.8 Å². The molecule has 1 aromatic carbocycles. The Labute approximate surface area is 197 Å². The minimum Gasteiger partial charge on any atom is -0.383 e. The number of anilines is 1. The zero-order valence-electron chi connectivity index (χ0n) is 18.9. The topological polar surface area (TPSA) is 117 Å². The molecule has 3 heterocycles. The molecule has 2 fully saturated rings. The van der Waals surface area contributed by atoms with Gasteiger partial charge in [0.2, 0.25) is 11.9 Å². The maximum atomic E-state index is 14.1. The number of aromatic nitrogens is 2. The van der Waals surface area contributed by atoms with Crippen LogP contribution < -0.4 is 10.6 Å². The smallest absolute Gasteiger partial charge is 0.243 e. The number of nitrogens with zero attached hydrogens (tertiary/aromatic N) is 4. The Kier molecular flexibility index (Phi) is 7.29. The van der Waals surface area contributed by atoms with Crippen LogP contribution in [0.25, 0.3) is 11.0 Å². The van der Waals surface area contributed by atoms with E-state index in [4.69, 9.17) is 10.5 Å². The molecule has 0 bridgehead atoms. The fourth-order valence-corrected chi connectivity index (χ4v) is 6.39. The Morgan fingerprint density at radius 2 is 2.06 bits per heavy atom. The second-order valence-corrected chi connectivity index (χ2v) is 11.2. The molecular formula is C21H30F3N5O4S. The fourth-order valence-electron chi connectivity index (χ4n) is 4.61. The molecule has 1 amide bonds. The van der Waals surface area contributed by atoms with Crippen molar-refractivity contribution in [2.75, 3.05) is 49.8 Å². The maximum absolute atomic E-state index is 14.1. The summed E-state index contributed by atoms with van der Waals surface area (Å²) >= 11 is 0. The number of methoxy groups -OCH3 is 1. The van der Waals surface area contributed by atoms with E-state index in [9.17, 15) is 27.1 Å². The van der Waals surface area contributed by atoms with Gasteiger partial charge in [-0.25, -0.2) is 18.2 Å². The van der Waals surface area contributed by atoms with Crippen molar-refractivity contribution < 1.29 is 31.8 Å². The van der Waals surface area contributed by atoms with Crippen molar-refractivity contribution in [1.29, 1.82) is 0 Å². The van der Waals surface area contributed by atoms with Crippen molar-refractivity contribution >= 4 is 33.5 Å². The van der Waals surface area contributed by atoms with Gasteiger partial charge in [0.15, 0.2) is 11.6 Å². The predicted molar refractivity (Wildman–Crippen MR) is 124 cm³/mol. The summed E-state index contributed by atoms with van der Waals surface area (Å²) in [6, 6.07) is 0.817. The molecule has 2 aromatic rings. The van der Waals surface area contributed by atoms with E-state index in [1.807, 2.05) is 0 Å². The summed E-state index contributed by atoms with van der Waals surface area (Å²) in [5, 5.41) is 0. The molecule has 2 saturated heterocycles. The van der Waals surface area contributed by atoms with Crippen LogP contribution in [0.2, 0.25) is 0 Å². The Balaban J connectivity index is 1.68. The van der Waals surface area contributed by atoms with Crippen molar-refractivity contribution in [2.24, 2.45) is 5.73 Å². The number of rotatable bonds is 7. The highest BCUT2D eigenvalue weighted by atomic mass is 32.3. The first-order valence-electron chi connectivity index (χ1n) is 11.1. The quantitative estimate of drug-likeness (QED) is 0.528. The number of imidazole rings is 1. The van der Waals surface area contributed by atoms with E-state index in [1.54, 1.807) is 9.80 Å². The predicted octanol–water partition coefficient (Wildman–Crippen LogP) is 2.19. The lowest BCUT2D eigenvalue weighted by atomic mass is 10.1. The van der Waals surface area contributed by atoms with Crippen molar-refractivity contribution in [3.05, 3.63) is 23.8 Å². The van der Waals surface area contributed by atoms with Gasteiger partial charge < -0.3 is 24.8 Å². The zero-order chi connectivity index (χ0) is 24.6. The molecule has 9 nitrogen and oxygen atoms in total. The normalized spacial score (nSPS) is 25.6. The molecule has 0 saturated carbocycles. The molecule has 13 heteroatoms. The lowest BCUT2D eigenvalue weighted by Gasteiger charge is -2.35. The largest absolute Gasteiger partial charge is 0.383 e. The monoisotopic (exact) mass is 505 g/mol. The van der Waals surface area contributed by atoms with E-state index in [0.717, 1.165) is 12.1 Å². The van der Waals surface area contributed by atoms with Crippen LogP contribution in [-0.4, -0.2) is 92.6 Å². The van der Waals surface area contributed by atoms with Crippen molar-refractivity contribution in [3.63, 3.8) is 0 Å². The average Bonchev–Trinajstić information content (AvgIpc) is 3.30. The van der Waals surface area contributed by atoms with Crippen LogP contribution in [0.3, 0.4) is 0 Å². The highest BCUT2D eigenvalue weighted by Crippen LogP contribution is 2.47. The van der Waals surface area contributed by atoms with E-state index < -0.39 is 34.4 Å². The minimum atomic E-state index is -2.75. The number of carbonyl (C=O) groups excluding carboxylic acids is 1. The number of benzene rings is 1. The van der Waals surface area contributed by atoms with Gasteiger partial charge in [-0.2, -0.15) is 10.6 Å². The van der Waals surface area contributed by atoms with Crippen LogP contribution in [0.1, 0.15) is 12.8 Å². The molecule has 0 radical (unpaired) electrons. The van der Waals surface area contributed by atoms with Crippen molar-refractivity contribution in [2.45, 2.75) is 37.6 Å². The second-order valence-electron chi connectivity index (χ2n) is 8.86. The summed E-state index contributed by atoms with van der Waals surface area (Å²) < 4.78 is 68.7. The number of hydrogen-bond acceptors (Lipinski definition) is 7. The number of carbonyl (C=O) groups is 1. The minimum absolute atomic E-state index is 0.0820. The fraction of sp³-hybridized carbons (Fsp3) is 0.619. The number of amides is 1. The SMILES string of the molecule is COCCN(C(=O)Cn1c(N2CC[C@@H](F)[C@H](N)C2)nc2cc(F)c(F)cc21)C1CCS(O)(O)C1. The number of piperidine rings is 1. The van der Waals surface area contributed by atoms with Crippen LogP contribution >= 0.6 is 10.6 Å². The summed E-state index contributed by atoms with van der Waals surface area (Å²) in [5.41, 5.74) is 6.29. The van der Waals surface area contributed by atoms with Gasteiger partial charge in [0.1, 0.15) is 12.7 Å². The number of ether oxygens (including phenoxy) is 1. The third kappa shape index (κ3) is 5.13. The molecule has 2 aliphatic heterocycles. The average molecular weight is 506 g/mol. The van der Waals surface area contributed by atoms with E-state index in [0.29, 0.717) is 6.42 Å². The van der Waals surface area contributed by atoms with Crippen molar-refractivity contribution in [1.82, 2.24) is 14.5 Å². The van der Waals surface area contributed by atoms with Gasteiger partial charge in [0.25, 0.3) is 0 Å². The molecule has 4 rings (SSSR count). The van der Waals surface area contributed by atoms with Gasteiger partial charge in [-0.15, -0.1) is 0 Å².